The van der Waals surface area contributed by atoms with E-state index in [9.17, 15) is 10.1 Å². The van der Waals surface area contributed by atoms with Crippen molar-refractivity contribution in [3.05, 3.63) is 39.4 Å². The van der Waals surface area contributed by atoms with E-state index in [2.05, 4.69) is 58.9 Å². The zero-order chi connectivity index (χ0) is 29.6. The van der Waals surface area contributed by atoms with Crippen LogP contribution in [0.2, 0.25) is 0 Å². The first-order chi connectivity index (χ1) is 20.1. The predicted molar refractivity (Wildman–Crippen MR) is 161 cm³/mol. The number of nitro groups is 1. The summed E-state index contributed by atoms with van der Waals surface area (Å²) in [6.45, 7) is 6.26. The van der Waals surface area contributed by atoms with Crippen molar-refractivity contribution >= 4 is 76.4 Å². The lowest BCUT2D eigenvalue weighted by Gasteiger charge is -2.25. The SMILES string of the molecule is Cn1cnc([N+](=O)[O-])c1Sc1nc(=N)[nH]c2[nH]cnc12.Nc1nc(=S)c2[nH]cnc2[nH]1.S=P(N1CC1)(N1CC1)N1CC1. The third-order valence-electron chi connectivity index (χ3n) is 6.23. The van der Waals surface area contributed by atoms with Crippen LogP contribution in [0.5, 0.6) is 0 Å². The van der Waals surface area contributed by atoms with Crippen LogP contribution < -0.4 is 11.4 Å². The normalized spacial score (nSPS) is 16.5. The molecular formula is C20H25N16O2PS3. The minimum Gasteiger partial charge on any atom is -0.369 e. The minimum absolute atomic E-state index is 0.0610. The topological polar surface area (TPSA) is 235 Å². The van der Waals surface area contributed by atoms with Crippen LogP contribution in [-0.2, 0) is 18.9 Å². The van der Waals surface area contributed by atoms with E-state index in [-0.39, 0.29) is 17.4 Å². The highest BCUT2D eigenvalue weighted by Crippen LogP contribution is 2.65. The molecule has 0 aromatic carbocycles. The molecule has 0 amide bonds. The van der Waals surface area contributed by atoms with Crippen molar-refractivity contribution in [2.24, 2.45) is 7.05 Å². The smallest absolute Gasteiger partial charge is 0.369 e. The molecule has 3 fully saturated rings. The molecule has 3 aliphatic rings. The van der Waals surface area contributed by atoms with Crippen molar-refractivity contribution < 1.29 is 4.92 Å². The fourth-order valence-corrected chi connectivity index (χ4v) is 9.59. The molecule has 0 unspecified atom stereocenters. The number of imidazole rings is 3. The number of aryl methyl sites for hydroxylation is 1. The standard InChI is InChI=1S/C9H8N8O2S.C6H12N3PS.C5H5N5S/c1-16-3-13-6(17(18)19)8(16)20-7-4-5(12-2-11-4)14-9(10)15-7;11-10(7-1-2-7,8-3-4-8)9-5-6-9;6-5-9-3-2(4(11)10-5)7-1-8-3/h2-3H,1H3,(H3,10,11,12,14,15);1-6H2;1H,(H4,6,7,8,9,10,11). The third kappa shape index (κ3) is 5.84. The summed E-state index contributed by atoms with van der Waals surface area (Å²) in [5.41, 5.74) is 7.75. The molecule has 5 aromatic rings. The van der Waals surface area contributed by atoms with Crippen LogP contribution in [0.1, 0.15) is 0 Å². The van der Waals surface area contributed by atoms with E-state index < -0.39 is 11.4 Å². The van der Waals surface area contributed by atoms with E-state index in [1.54, 1.807) is 7.05 Å². The number of aromatic amines is 4. The van der Waals surface area contributed by atoms with Gasteiger partial charge in [0.25, 0.3) is 0 Å². The Kier molecular flexibility index (Phi) is 7.64. The molecule has 0 aliphatic carbocycles. The molecule has 22 heteroatoms. The van der Waals surface area contributed by atoms with Crippen LogP contribution in [0.4, 0.5) is 11.8 Å². The average molecular weight is 649 g/mol. The molecule has 0 spiro atoms. The summed E-state index contributed by atoms with van der Waals surface area (Å²) in [4.78, 5) is 41.2. The van der Waals surface area contributed by atoms with Crippen LogP contribution in [0.25, 0.3) is 22.3 Å². The van der Waals surface area contributed by atoms with Gasteiger partial charge in [0, 0.05) is 46.3 Å². The molecule has 8 rings (SSSR count). The first kappa shape index (κ1) is 28.5. The number of H-pyrrole nitrogens is 4. The summed E-state index contributed by atoms with van der Waals surface area (Å²) in [6, 6.07) is 0. The molecule has 0 bridgehead atoms. The number of anilines is 1. The fourth-order valence-electron chi connectivity index (χ4n) is 3.98. The number of hydrogen-bond donors (Lipinski definition) is 6. The number of nitrogens with zero attached hydrogens (tertiary/aromatic N) is 10. The zero-order valence-electron chi connectivity index (χ0n) is 22.0. The number of aromatic nitrogens is 10. The largest absolute Gasteiger partial charge is 0.396 e. The van der Waals surface area contributed by atoms with Crippen molar-refractivity contribution in [3.63, 3.8) is 0 Å². The second kappa shape index (κ2) is 11.2. The van der Waals surface area contributed by atoms with Crippen molar-refractivity contribution in [1.29, 1.82) is 5.41 Å². The number of fused-ring (bicyclic) bond motifs is 2. The number of nitrogen functional groups attached to an aromatic ring is 1. The Labute approximate surface area is 251 Å². The first-order valence-electron chi connectivity index (χ1n) is 12.5. The number of hydrogen-bond acceptors (Lipinski definition) is 12. The molecule has 8 heterocycles. The summed E-state index contributed by atoms with van der Waals surface area (Å²) >= 11 is 11.7. The van der Waals surface area contributed by atoms with Gasteiger partial charge in [0.15, 0.2) is 15.3 Å². The van der Waals surface area contributed by atoms with Gasteiger partial charge >= 0.3 is 5.82 Å². The van der Waals surface area contributed by atoms with Crippen LogP contribution in [0.15, 0.2) is 29.0 Å². The highest BCUT2D eigenvalue weighted by molar-refractivity contribution is 8.11. The van der Waals surface area contributed by atoms with E-state index >= 15 is 0 Å². The van der Waals surface area contributed by atoms with Gasteiger partial charge in [0.05, 0.1) is 12.7 Å². The van der Waals surface area contributed by atoms with E-state index in [0.29, 0.717) is 37.0 Å². The summed E-state index contributed by atoms with van der Waals surface area (Å²) < 4.78 is 9.43. The molecule has 3 aliphatic heterocycles. The third-order valence-corrected chi connectivity index (χ3v) is 13.2. The number of nitrogens with one attached hydrogen (secondary N) is 5. The number of nitrogens with two attached hydrogens (primary N) is 1. The lowest BCUT2D eigenvalue weighted by molar-refractivity contribution is -0.392. The Balaban J connectivity index is 0.000000121. The quantitative estimate of drug-likeness (QED) is 0.0381. The van der Waals surface area contributed by atoms with Crippen molar-refractivity contribution in [1.82, 2.24) is 63.4 Å². The van der Waals surface area contributed by atoms with Crippen molar-refractivity contribution in [2.45, 2.75) is 10.1 Å². The van der Waals surface area contributed by atoms with Gasteiger partial charge in [-0.05, 0) is 33.5 Å². The van der Waals surface area contributed by atoms with Crippen LogP contribution in [0, 0.1) is 20.2 Å². The lowest BCUT2D eigenvalue weighted by atomic mass is 10.6. The summed E-state index contributed by atoms with van der Waals surface area (Å²) in [5, 5.41) is 19.3. The summed E-state index contributed by atoms with van der Waals surface area (Å²) in [7, 11) is 1.65. The molecule has 42 heavy (non-hydrogen) atoms. The maximum atomic E-state index is 10.9. The Morgan fingerprint density at radius 1 is 1.05 bits per heavy atom. The van der Waals surface area contributed by atoms with Gasteiger partial charge in [-0.3, -0.25) is 5.41 Å². The minimum atomic E-state index is -1.27. The summed E-state index contributed by atoms with van der Waals surface area (Å²) in [6.07, 6.45) is 4.36. The van der Waals surface area contributed by atoms with Crippen LogP contribution in [-0.4, -0.2) is 108 Å². The highest BCUT2D eigenvalue weighted by atomic mass is 32.4. The fraction of sp³-hybridized carbons (Fsp3) is 0.350. The molecule has 3 saturated heterocycles. The Morgan fingerprint density at radius 3 is 2.31 bits per heavy atom. The monoisotopic (exact) mass is 648 g/mol. The molecule has 220 valence electrons. The molecule has 18 nitrogen and oxygen atoms in total. The van der Waals surface area contributed by atoms with Crippen LogP contribution in [0.3, 0.4) is 0 Å². The van der Waals surface area contributed by atoms with E-state index in [4.69, 9.17) is 35.2 Å². The van der Waals surface area contributed by atoms with Gasteiger partial charge in [0.1, 0.15) is 28.2 Å². The molecule has 0 radical (unpaired) electrons. The highest BCUT2D eigenvalue weighted by Gasteiger charge is 2.50. The first-order valence-corrected chi connectivity index (χ1v) is 16.4. The van der Waals surface area contributed by atoms with Gasteiger partial charge in [0.2, 0.25) is 17.9 Å². The van der Waals surface area contributed by atoms with Gasteiger partial charge in [-0.1, -0.05) is 12.2 Å². The van der Waals surface area contributed by atoms with Crippen LogP contribution >= 0.6 is 30.5 Å². The number of rotatable bonds is 6. The Morgan fingerprint density at radius 2 is 1.69 bits per heavy atom. The summed E-state index contributed by atoms with van der Waals surface area (Å²) in [5.74, 6) is 0.0388. The Hall–Kier alpha value is -3.59. The second-order valence-corrected chi connectivity index (χ2v) is 14.8. The average Bonchev–Trinajstić information content (AvgIpc) is 3.86. The van der Waals surface area contributed by atoms with Gasteiger partial charge < -0.3 is 40.4 Å². The molecular weight excluding hydrogens is 624 g/mol. The Bertz CT molecular complexity index is 1910. The van der Waals surface area contributed by atoms with Crippen molar-refractivity contribution in [3.8, 4) is 0 Å². The van der Waals surface area contributed by atoms with Gasteiger partial charge in [-0.15, -0.1) is 0 Å². The molecule has 7 N–H and O–H groups in total. The maximum Gasteiger partial charge on any atom is 0.396 e. The zero-order valence-corrected chi connectivity index (χ0v) is 25.4. The van der Waals surface area contributed by atoms with Gasteiger partial charge in [-0.2, -0.15) is 0 Å². The van der Waals surface area contributed by atoms with Crippen molar-refractivity contribution in [2.75, 3.05) is 45.0 Å². The van der Waals surface area contributed by atoms with E-state index in [1.165, 1.54) is 62.8 Å². The lowest BCUT2D eigenvalue weighted by Crippen LogP contribution is -2.11. The second-order valence-electron chi connectivity index (χ2n) is 9.29. The van der Waals surface area contributed by atoms with Gasteiger partial charge in [-0.25, -0.2) is 33.9 Å². The molecule has 0 atom stereocenters. The molecule has 0 saturated carbocycles. The van der Waals surface area contributed by atoms with E-state index in [0.717, 1.165) is 11.8 Å². The van der Waals surface area contributed by atoms with E-state index in [1.807, 2.05) is 0 Å². The predicted octanol–water partition coefficient (Wildman–Crippen LogP) is 1.31. The molecule has 5 aromatic heterocycles. The maximum absolute atomic E-state index is 10.9.